The van der Waals surface area contributed by atoms with Crippen LogP contribution in [0.25, 0.3) is 0 Å². The summed E-state index contributed by atoms with van der Waals surface area (Å²) < 4.78 is 0. The molecule has 1 amide bonds. The third kappa shape index (κ3) is 1.89. The van der Waals surface area contributed by atoms with Crippen LogP contribution >= 0.6 is 0 Å². The lowest BCUT2D eigenvalue weighted by molar-refractivity contribution is -0.155. The van der Waals surface area contributed by atoms with Crippen molar-refractivity contribution < 1.29 is 14.7 Å². The fourth-order valence-electron chi connectivity index (χ4n) is 1.92. The zero-order valence-electron chi connectivity index (χ0n) is 8.67. The molecule has 1 fully saturated rings. The van der Waals surface area contributed by atoms with E-state index in [0.29, 0.717) is 12.8 Å². The third-order valence-corrected chi connectivity index (χ3v) is 2.72. The lowest BCUT2D eigenvalue weighted by atomic mass is 9.85. The standard InChI is InChI=1S/C10H17NO3/c1-7(2)11-8(12)10(9(13)14)5-3-4-6-10/h7H,3-6H2,1-2H3,(H,11,12)(H,13,14). The topological polar surface area (TPSA) is 66.4 Å². The van der Waals surface area contributed by atoms with Crippen LogP contribution in [0.4, 0.5) is 0 Å². The molecular weight excluding hydrogens is 182 g/mol. The Morgan fingerprint density at radius 1 is 1.29 bits per heavy atom. The van der Waals surface area contributed by atoms with Crippen LogP contribution < -0.4 is 5.32 Å². The lowest BCUT2D eigenvalue weighted by Gasteiger charge is -2.23. The summed E-state index contributed by atoms with van der Waals surface area (Å²) in [5.74, 6) is -1.30. The van der Waals surface area contributed by atoms with Crippen LogP contribution in [-0.4, -0.2) is 23.0 Å². The van der Waals surface area contributed by atoms with Gasteiger partial charge in [0.1, 0.15) is 5.41 Å². The molecule has 0 aromatic heterocycles. The van der Waals surface area contributed by atoms with E-state index in [-0.39, 0.29) is 11.9 Å². The highest BCUT2D eigenvalue weighted by molar-refractivity contribution is 6.02. The van der Waals surface area contributed by atoms with Crippen LogP contribution in [0.15, 0.2) is 0 Å². The van der Waals surface area contributed by atoms with Gasteiger partial charge in [-0.1, -0.05) is 12.8 Å². The van der Waals surface area contributed by atoms with Crippen molar-refractivity contribution in [3.05, 3.63) is 0 Å². The van der Waals surface area contributed by atoms with Crippen LogP contribution in [0.2, 0.25) is 0 Å². The molecule has 0 unspecified atom stereocenters. The highest BCUT2D eigenvalue weighted by Gasteiger charge is 2.48. The highest BCUT2D eigenvalue weighted by atomic mass is 16.4. The Kier molecular flexibility index (Phi) is 3.13. The van der Waals surface area contributed by atoms with Crippen molar-refractivity contribution in [1.29, 1.82) is 0 Å². The molecule has 0 saturated heterocycles. The normalized spacial score (nSPS) is 19.6. The van der Waals surface area contributed by atoms with Crippen LogP contribution in [0.1, 0.15) is 39.5 Å². The van der Waals surface area contributed by atoms with Gasteiger partial charge in [0.2, 0.25) is 5.91 Å². The van der Waals surface area contributed by atoms with Crippen LogP contribution in [-0.2, 0) is 9.59 Å². The number of carboxylic acid groups (broad SMARTS) is 1. The summed E-state index contributed by atoms with van der Waals surface area (Å²) >= 11 is 0. The van der Waals surface area contributed by atoms with Gasteiger partial charge in [-0.2, -0.15) is 0 Å². The molecule has 1 rings (SSSR count). The van der Waals surface area contributed by atoms with Gasteiger partial charge in [0.25, 0.3) is 0 Å². The fraction of sp³-hybridized carbons (Fsp3) is 0.800. The van der Waals surface area contributed by atoms with Crippen molar-refractivity contribution in [2.45, 2.75) is 45.6 Å². The summed E-state index contributed by atoms with van der Waals surface area (Å²) in [7, 11) is 0. The first-order valence-corrected chi connectivity index (χ1v) is 5.03. The Hall–Kier alpha value is -1.06. The Morgan fingerprint density at radius 2 is 1.79 bits per heavy atom. The maximum atomic E-state index is 11.7. The van der Waals surface area contributed by atoms with E-state index in [4.69, 9.17) is 5.11 Å². The summed E-state index contributed by atoms with van der Waals surface area (Å²) in [5.41, 5.74) is -1.15. The summed E-state index contributed by atoms with van der Waals surface area (Å²) in [4.78, 5) is 22.8. The molecule has 4 nitrogen and oxygen atoms in total. The molecule has 0 aromatic carbocycles. The van der Waals surface area contributed by atoms with E-state index in [9.17, 15) is 9.59 Å². The zero-order chi connectivity index (χ0) is 10.8. The first-order valence-electron chi connectivity index (χ1n) is 5.03. The zero-order valence-corrected chi connectivity index (χ0v) is 8.67. The minimum absolute atomic E-state index is 0.000625. The largest absolute Gasteiger partial charge is 0.480 e. The summed E-state index contributed by atoms with van der Waals surface area (Å²) in [6.45, 7) is 3.67. The quantitative estimate of drug-likeness (QED) is 0.670. The number of nitrogens with one attached hydrogen (secondary N) is 1. The van der Waals surface area contributed by atoms with Gasteiger partial charge < -0.3 is 10.4 Å². The van der Waals surface area contributed by atoms with Crippen molar-refractivity contribution in [2.75, 3.05) is 0 Å². The fourth-order valence-corrected chi connectivity index (χ4v) is 1.92. The van der Waals surface area contributed by atoms with Gasteiger partial charge in [0, 0.05) is 6.04 Å². The monoisotopic (exact) mass is 199 g/mol. The first kappa shape index (κ1) is 11.0. The Labute approximate surface area is 83.7 Å². The van der Waals surface area contributed by atoms with Gasteiger partial charge in [-0.25, -0.2) is 0 Å². The Balaban J connectivity index is 2.77. The molecule has 0 radical (unpaired) electrons. The molecule has 80 valence electrons. The third-order valence-electron chi connectivity index (χ3n) is 2.72. The maximum absolute atomic E-state index is 11.7. The Morgan fingerprint density at radius 3 is 2.14 bits per heavy atom. The molecule has 4 heteroatoms. The second kappa shape index (κ2) is 3.98. The van der Waals surface area contributed by atoms with Gasteiger partial charge in [0.15, 0.2) is 0 Å². The van der Waals surface area contributed by atoms with Gasteiger partial charge in [-0.15, -0.1) is 0 Å². The predicted molar refractivity (Wildman–Crippen MR) is 51.8 cm³/mol. The number of carboxylic acids is 1. The molecule has 14 heavy (non-hydrogen) atoms. The number of aliphatic carboxylic acids is 1. The van der Waals surface area contributed by atoms with E-state index in [2.05, 4.69) is 5.32 Å². The van der Waals surface area contributed by atoms with E-state index < -0.39 is 11.4 Å². The van der Waals surface area contributed by atoms with Crippen LogP contribution in [0, 0.1) is 5.41 Å². The van der Waals surface area contributed by atoms with Crippen molar-refractivity contribution >= 4 is 11.9 Å². The molecule has 1 aliphatic rings. The van der Waals surface area contributed by atoms with Crippen molar-refractivity contribution in [2.24, 2.45) is 5.41 Å². The summed E-state index contributed by atoms with van der Waals surface area (Å²) in [6.07, 6.45) is 2.61. The maximum Gasteiger partial charge on any atom is 0.319 e. The Bertz CT molecular complexity index is 242. The van der Waals surface area contributed by atoms with Gasteiger partial charge in [0.05, 0.1) is 0 Å². The molecule has 0 bridgehead atoms. The van der Waals surface area contributed by atoms with Gasteiger partial charge >= 0.3 is 5.97 Å². The van der Waals surface area contributed by atoms with Gasteiger partial charge in [-0.3, -0.25) is 9.59 Å². The summed E-state index contributed by atoms with van der Waals surface area (Å²) in [6, 6.07) is -0.000625. The average Bonchev–Trinajstić information content (AvgIpc) is 2.51. The number of rotatable bonds is 3. The molecule has 0 aromatic rings. The highest BCUT2D eigenvalue weighted by Crippen LogP contribution is 2.38. The first-order chi connectivity index (χ1) is 6.49. The molecule has 0 atom stereocenters. The molecule has 1 aliphatic carbocycles. The average molecular weight is 199 g/mol. The molecule has 0 spiro atoms. The predicted octanol–water partition coefficient (Wildman–Crippen LogP) is 1.16. The SMILES string of the molecule is CC(C)NC(=O)C1(C(=O)O)CCCC1. The number of carbonyl (C=O) groups excluding carboxylic acids is 1. The van der Waals surface area contributed by atoms with E-state index in [1.54, 1.807) is 0 Å². The van der Waals surface area contributed by atoms with E-state index in [1.807, 2.05) is 13.8 Å². The smallest absolute Gasteiger partial charge is 0.319 e. The van der Waals surface area contributed by atoms with Crippen molar-refractivity contribution in [3.63, 3.8) is 0 Å². The van der Waals surface area contributed by atoms with Crippen LogP contribution in [0.5, 0.6) is 0 Å². The van der Waals surface area contributed by atoms with Crippen molar-refractivity contribution in [3.8, 4) is 0 Å². The van der Waals surface area contributed by atoms with Gasteiger partial charge in [-0.05, 0) is 26.7 Å². The minimum Gasteiger partial charge on any atom is -0.480 e. The second-order valence-corrected chi connectivity index (χ2v) is 4.22. The van der Waals surface area contributed by atoms with E-state index >= 15 is 0 Å². The molecule has 0 heterocycles. The number of hydrogen-bond donors (Lipinski definition) is 2. The summed E-state index contributed by atoms with van der Waals surface area (Å²) in [5, 5.41) is 11.8. The van der Waals surface area contributed by atoms with E-state index in [0.717, 1.165) is 12.8 Å². The number of amides is 1. The molecule has 1 saturated carbocycles. The number of hydrogen-bond acceptors (Lipinski definition) is 2. The van der Waals surface area contributed by atoms with Crippen molar-refractivity contribution in [1.82, 2.24) is 5.32 Å². The van der Waals surface area contributed by atoms with Crippen LogP contribution in [0.3, 0.4) is 0 Å². The van der Waals surface area contributed by atoms with E-state index in [1.165, 1.54) is 0 Å². The molecular formula is C10H17NO3. The molecule has 0 aliphatic heterocycles. The number of carbonyl (C=O) groups is 2. The molecule has 2 N–H and O–H groups in total. The lowest BCUT2D eigenvalue weighted by Crippen LogP contribution is -2.47. The second-order valence-electron chi connectivity index (χ2n) is 4.22. The minimum atomic E-state index is -1.15.